The fourth-order valence-electron chi connectivity index (χ4n) is 1.12. The van der Waals surface area contributed by atoms with E-state index in [1.54, 1.807) is 6.07 Å². The normalized spacial score (nSPS) is 9.79. The number of ether oxygens (including phenoxy) is 2. The van der Waals surface area contributed by atoms with Crippen LogP contribution in [0.5, 0.6) is 11.5 Å². The van der Waals surface area contributed by atoms with Gasteiger partial charge in [0.25, 0.3) is 0 Å². The van der Waals surface area contributed by atoms with Gasteiger partial charge in [-0.3, -0.25) is 0 Å². The topological polar surface area (TPSA) is 58.9 Å². The van der Waals surface area contributed by atoms with Crippen molar-refractivity contribution in [2.75, 3.05) is 14.2 Å². The van der Waals surface area contributed by atoms with Gasteiger partial charge in [0.2, 0.25) is 0 Å². The highest BCUT2D eigenvalue weighted by Gasteiger charge is 2.21. The highest BCUT2D eigenvalue weighted by atomic mass is 35.5. The first-order valence-electron chi connectivity index (χ1n) is 3.88. The summed E-state index contributed by atoms with van der Waals surface area (Å²) in [6.07, 6.45) is 0. The van der Waals surface area contributed by atoms with Crippen molar-refractivity contribution in [1.82, 2.24) is 0 Å². The predicted octanol–water partition coefficient (Wildman–Crippen LogP) is 0.0370. The Morgan fingerprint density at radius 2 is 1.86 bits per heavy atom. The first-order valence-corrected chi connectivity index (χ1v) is 4.26. The molecule has 1 rings (SSSR count). The van der Waals surface area contributed by atoms with E-state index in [1.165, 1.54) is 20.3 Å². The summed E-state index contributed by atoms with van der Waals surface area (Å²) in [5.41, 5.74) is 0.207. The second kappa shape index (κ2) is 4.55. The molecule has 0 bridgehead atoms. The Labute approximate surface area is 87.2 Å². The molecule has 0 aliphatic rings. The molecule has 0 unspecified atom stereocenters. The van der Waals surface area contributed by atoms with Gasteiger partial charge in [0.15, 0.2) is 0 Å². The average molecular weight is 216 g/mol. The molecule has 0 atom stereocenters. The Bertz CT molecular complexity index is 329. The fourth-order valence-corrected chi connectivity index (χ4v) is 1.45. The van der Waals surface area contributed by atoms with Gasteiger partial charge in [-0.05, 0) is 6.07 Å². The van der Waals surface area contributed by atoms with Crippen LogP contribution in [0.15, 0.2) is 12.1 Å². The van der Waals surface area contributed by atoms with Gasteiger partial charge in [-0.15, -0.1) is 0 Å². The van der Waals surface area contributed by atoms with Crippen molar-refractivity contribution >= 4 is 24.2 Å². The molecule has 0 heterocycles. The number of hydrogen-bond donors (Lipinski definition) is 2. The Balaban J connectivity index is 3.28. The lowest BCUT2D eigenvalue weighted by Gasteiger charge is -2.12. The van der Waals surface area contributed by atoms with E-state index in [0.29, 0.717) is 5.75 Å². The number of rotatable bonds is 3. The van der Waals surface area contributed by atoms with Crippen molar-refractivity contribution in [3.8, 4) is 11.5 Å². The number of methoxy groups -OCH3 is 2. The summed E-state index contributed by atoms with van der Waals surface area (Å²) in [5.74, 6) is 0.633. The molecule has 0 radical (unpaired) electrons. The maximum absolute atomic E-state index is 9.00. The van der Waals surface area contributed by atoms with Crippen LogP contribution in [-0.2, 0) is 0 Å². The monoisotopic (exact) mass is 216 g/mol. The maximum atomic E-state index is 9.00. The van der Waals surface area contributed by atoms with Crippen LogP contribution in [0.2, 0.25) is 5.02 Å². The van der Waals surface area contributed by atoms with Gasteiger partial charge in [0, 0.05) is 5.46 Å². The van der Waals surface area contributed by atoms with Crippen LogP contribution in [0.3, 0.4) is 0 Å². The molecule has 14 heavy (non-hydrogen) atoms. The standard InChI is InChI=1S/C8H10BClO4/c1-13-6-4-3-5(9(11)12)8(14-2)7(6)10/h3-4,11-12H,1-2H3. The SMILES string of the molecule is COc1ccc(B(O)O)c(OC)c1Cl. The first-order chi connectivity index (χ1) is 6.61. The van der Waals surface area contributed by atoms with Crippen LogP contribution in [0, 0.1) is 0 Å². The highest BCUT2D eigenvalue weighted by Crippen LogP contribution is 2.31. The molecule has 1 aromatic rings. The number of halogens is 1. The van der Waals surface area contributed by atoms with E-state index >= 15 is 0 Å². The van der Waals surface area contributed by atoms with Gasteiger partial charge < -0.3 is 19.5 Å². The molecule has 2 N–H and O–H groups in total. The minimum Gasteiger partial charge on any atom is -0.495 e. The van der Waals surface area contributed by atoms with E-state index in [1.807, 2.05) is 0 Å². The first kappa shape index (κ1) is 11.2. The predicted molar refractivity (Wildman–Crippen MR) is 54.4 cm³/mol. The van der Waals surface area contributed by atoms with E-state index in [2.05, 4.69) is 0 Å². The van der Waals surface area contributed by atoms with E-state index in [0.717, 1.165) is 0 Å². The van der Waals surface area contributed by atoms with E-state index < -0.39 is 7.12 Å². The lowest BCUT2D eigenvalue weighted by molar-refractivity contribution is 0.390. The molecule has 0 fully saturated rings. The van der Waals surface area contributed by atoms with Gasteiger partial charge in [-0.1, -0.05) is 17.7 Å². The lowest BCUT2D eigenvalue weighted by atomic mass is 9.79. The Kier molecular flexibility index (Phi) is 3.63. The lowest BCUT2D eigenvalue weighted by Crippen LogP contribution is -2.31. The molecular formula is C8H10BClO4. The van der Waals surface area contributed by atoms with Crippen molar-refractivity contribution in [2.45, 2.75) is 0 Å². The van der Waals surface area contributed by atoms with Crippen molar-refractivity contribution in [1.29, 1.82) is 0 Å². The molecule has 4 nitrogen and oxygen atoms in total. The molecule has 1 aromatic carbocycles. The van der Waals surface area contributed by atoms with E-state index in [4.69, 9.17) is 31.1 Å². The minimum absolute atomic E-state index is 0.207. The third kappa shape index (κ3) is 1.95. The third-order valence-electron chi connectivity index (χ3n) is 1.79. The molecule has 0 spiro atoms. The van der Waals surface area contributed by atoms with Crippen LogP contribution in [0.4, 0.5) is 0 Å². The molecule has 6 heteroatoms. The van der Waals surface area contributed by atoms with Gasteiger partial charge in [-0.2, -0.15) is 0 Å². The molecular weight excluding hydrogens is 206 g/mol. The maximum Gasteiger partial charge on any atom is 0.492 e. The van der Waals surface area contributed by atoms with Crippen LogP contribution in [-0.4, -0.2) is 31.4 Å². The minimum atomic E-state index is -1.62. The van der Waals surface area contributed by atoms with Crippen LogP contribution >= 0.6 is 11.6 Å². The molecule has 0 aliphatic heterocycles. The second-order valence-corrected chi connectivity index (χ2v) is 2.96. The second-order valence-electron chi connectivity index (χ2n) is 2.58. The quantitative estimate of drug-likeness (QED) is 0.700. The summed E-state index contributed by atoms with van der Waals surface area (Å²) >= 11 is 5.89. The molecule has 0 aliphatic carbocycles. The van der Waals surface area contributed by atoms with E-state index in [9.17, 15) is 0 Å². The van der Waals surface area contributed by atoms with Crippen molar-refractivity contribution < 1.29 is 19.5 Å². The van der Waals surface area contributed by atoms with Crippen LogP contribution in [0.25, 0.3) is 0 Å². The zero-order valence-corrected chi connectivity index (χ0v) is 8.58. The average Bonchev–Trinajstić information content (AvgIpc) is 2.17. The highest BCUT2D eigenvalue weighted by molar-refractivity contribution is 6.60. The molecule has 0 aromatic heterocycles. The van der Waals surface area contributed by atoms with E-state index in [-0.39, 0.29) is 16.2 Å². The third-order valence-corrected chi connectivity index (χ3v) is 2.15. The zero-order chi connectivity index (χ0) is 10.7. The Morgan fingerprint density at radius 3 is 2.29 bits per heavy atom. The molecule has 76 valence electrons. The molecule has 0 saturated heterocycles. The smallest absolute Gasteiger partial charge is 0.492 e. The van der Waals surface area contributed by atoms with Gasteiger partial charge >= 0.3 is 7.12 Å². The molecule has 0 saturated carbocycles. The van der Waals surface area contributed by atoms with Gasteiger partial charge in [0.05, 0.1) is 14.2 Å². The van der Waals surface area contributed by atoms with Crippen molar-refractivity contribution in [3.63, 3.8) is 0 Å². The number of hydrogen-bond acceptors (Lipinski definition) is 4. The summed E-state index contributed by atoms with van der Waals surface area (Å²) in [7, 11) is 1.25. The summed E-state index contributed by atoms with van der Waals surface area (Å²) in [5, 5.41) is 18.2. The summed E-state index contributed by atoms with van der Waals surface area (Å²) in [6.45, 7) is 0. The number of benzene rings is 1. The summed E-state index contributed by atoms with van der Waals surface area (Å²) < 4.78 is 9.89. The fraction of sp³-hybridized carbons (Fsp3) is 0.250. The van der Waals surface area contributed by atoms with Crippen LogP contribution < -0.4 is 14.9 Å². The Hall–Kier alpha value is -0.905. The Morgan fingerprint density at radius 1 is 1.21 bits per heavy atom. The zero-order valence-electron chi connectivity index (χ0n) is 7.82. The van der Waals surface area contributed by atoms with Crippen LogP contribution in [0.1, 0.15) is 0 Å². The summed E-state index contributed by atoms with van der Waals surface area (Å²) in [6, 6.07) is 3.02. The summed E-state index contributed by atoms with van der Waals surface area (Å²) in [4.78, 5) is 0. The van der Waals surface area contributed by atoms with Crippen molar-refractivity contribution in [2.24, 2.45) is 0 Å². The molecule has 0 amide bonds. The van der Waals surface area contributed by atoms with Gasteiger partial charge in [-0.25, -0.2) is 0 Å². The largest absolute Gasteiger partial charge is 0.495 e. The van der Waals surface area contributed by atoms with Crippen molar-refractivity contribution in [3.05, 3.63) is 17.2 Å². The van der Waals surface area contributed by atoms with Gasteiger partial charge in [0.1, 0.15) is 16.5 Å².